The third-order valence-corrected chi connectivity index (χ3v) is 3.39. The van der Waals surface area contributed by atoms with Gasteiger partial charge in [0.1, 0.15) is 5.82 Å². The minimum absolute atomic E-state index is 0.180. The third kappa shape index (κ3) is 3.90. The van der Waals surface area contributed by atoms with E-state index in [0.29, 0.717) is 0 Å². The fourth-order valence-corrected chi connectivity index (χ4v) is 2.20. The summed E-state index contributed by atoms with van der Waals surface area (Å²) in [6.07, 6.45) is 1.87. The van der Waals surface area contributed by atoms with Gasteiger partial charge in [-0.3, -0.25) is 4.68 Å². The van der Waals surface area contributed by atoms with Crippen molar-refractivity contribution in [3.05, 3.63) is 53.1 Å². The summed E-state index contributed by atoms with van der Waals surface area (Å²) in [7, 11) is 0. The first kappa shape index (κ1) is 14.7. The van der Waals surface area contributed by atoms with Crippen molar-refractivity contribution in [1.29, 1.82) is 0 Å². The van der Waals surface area contributed by atoms with E-state index in [0.717, 1.165) is 43.7 Å². The number of aromatic nitrogens is 2. The van der Waals surface area contributed by atoms with Gasteiger partial charge in [-0.25, -0.2) is 4.39 Å². The van der Waals surface area contributed by atoms with E-state index in [1.54, 1.807) is 0 Å². The molecule has 0 bridgehead atoms. The van der Waals surface area contributed by atoms with Gasteiger partial charge >= 0.3 is 0 Å². The van der Waals surface area contributed by atoms with Crippen LogP contribution < -0.4 is 5.32 Å². The summed E-state index contributed by atoms with van der Waals surface area (Å²) < 4.78 is 14.8. The summed E-state index contributed by atoms with van der Waals surface area (Å²) in [6.45, 7) is 6.82. The number of nitrogens with zero attached hydrogens (tertiary/aromatic N) is 2. The molecule has 4 heteroatoms. The lowest BCUT2D eigenvalue weighted by atomic mass is 10.1. The van der Waals surface area contributed by atoms with Crippen molar-refractivity contribution in [3.8, 4) is 0 Å². The van der Waals surface area contributed by atoms with Gasteiger partial charge in [0, 0.05) is 13.1 Å². The van der Waals surface area contributed by atoms with Crippen LogP contribution in [0.5, 0.6) is 0 Å². The van der Waals surface area contributed by atoms with E-state index in [-0.39, 0.29) is 5.82 Å². The average molecular weight is 275 g/mol. The lowest BCUT2D eigenvalue weighted by Crippen LogP contribution is -2.19. The molecular weight excluding hydrogens is 253 g/mol. The monoisotopic (exact) mass is 275 g/mol. The van der Waals surface area contributed by atoms with Crippen LogP contribution in [-0.4, -0.2) is 16.3 Å². The minimum Gasteiger partial charge on any atom is -0.311 e. The van der Waals surface area contributed by atoms with Gasteiger partial charge in [0.2, 0.25) is 0 Å². The number of hydrogen-bond donors (Lipinski definition) is 1. The van der Waals surface area contributed by atoms with E-state index in [4.69, 9.17) is 0 Å². The van der Waals surface area contributed by atoms with Gasteiger partial charge in [-0.05, 0) is 50.1 Å². The number of benzene rings is 1. The normalized spacial score (nSPS) is 10.9. The summed E-state index contributed by atoms with van der Waals surface area (Å²) in [5.41, 5.74) is 3.52. The lowest BCUT2D eigenvalue weighted by molar-refractivity contribution is 0.578. The highest BCUT2D eigenvalue weighted by atomic mass is 19.1. The molecule has 108 valence electrons. The van der Waals surface area contributed by atoms with Gasteiger partial charge in [0.15, 0.2) is 0 Å². The zero-order valence-corrected chi connectivity index (χ0v) is 12.2. The molecule has 2 rings (SSSR count). The highest BCUT2D eigenvalue weighted by Crippen LogP contribution is 2.06. The van der Waals surface area contributed by atoms with E-state index in [2.05, 4.69) is 30.3 Å². The van der Waals surface area contributed by atoms with Crippen molar-refractivity contribution in [2.45, 2.75) is 39.8 Å². The first-order valence-corrected chi connectivity index (χ1v) is 7.23. The summed E-state index contributed by atoms with van der Waals surface area (Å²) in [5.74, 6) is -0.180. The zero-order valence-electron chi connectivity index (χ0n) is 12.2. The largest absolute Gasteiger partial charge is 0.311 e. The predicted molar refractivity (Wildman–Crippen MR) is 79.1 cm³/mol. The predicted octanol–water partition coefficient (Wildman–Crippen LogP) is 2.94. The van der Waals surface area contributed by atoms with Gasteiger partial charge in [-0.2, -0.15) is 5.10 Å². The molecule has 0 atom stereocenters. The molecule has 0 unspecified atom stereocenters. The minimum atomic E-state index is -0.180. The number of halogens is 1. The molecular formula is C16H22FN3. The third-order valence-electron chi connectivity index (χ3n) is 3.39. The molecule has 20 heavy (non-hydrogen) atoms. The Morgan fingerprint density at radius 1 is 1.20 bits per heavy atom. The van der Waals surface area contributed by atoms with Gasteiger partial charge in [0.05, 0.1) is 11.4 Å². The van der Waals surface area contributed by atoms with Crippen LogP contribution in [0.4, 0.5) is 4.39 Å². The average Bonchev–Trinajstić information content (AvgIpc) is 2.88. The fourth-order valence-electron chi connectivity index (χ4n) is 2.20. The molecule has 0 aliphatic carbocycles. The Morgan fingerprint density at radius 3 is 2.60 bits per heavy atom. The fraction of sp³-hybridized carbons (Fsp3) is 0.438. The van der Waals surface area contributed by atoms with Crippen molar-refractivity contribution >= 4 is 0 Å². The van der Waals surface area contributed by atoms with Crippen LogP contribution in [0.2, 0.25) is 0 Å². The number of hydrogen-bond acceptors (Lipinski definition) is 2. The molecule has 0 radical (unpaired) electrons. The van der Waals surface area contributed by atoms with E-state index in [1.807, 2.05) is 16.8 Å². The highest BCUT2D eigenvalue weighted by molar-refractivity contribution is 5.16. The van der Waals surface area contributed by atoms with Gasteiger partial charge in [0.25, 0.3) is 0 Å². The maximum Gasteiger partial charge on any atom is 0.123 e. The maximum absolute atomic E-state index is 12.8. The molecule has 0 amide bonds. The molecule has 1 aromatic carbocycles. The van der Waals surface area contributed by atoms with E-state index in [1.165, 1.54) is 17.8 Å². The van der Waals surface area contributed by atoms with Crippen LogP contribution in [0.15, 0.2) is 30.3 Å². The molecule has 2 aromatic rings. The first-order chi connectivity index (χ1) is 9.72. The van der Waals surface area contributed by atoms with Crippen LogP contribution in [0.1, 0.15) is 30.8 Å². The topological polar surface area (TPSA) is 29.9 Å². The quantitative estimate of drug-likeness (QED) is 0.787. The zero-order chi connectivity index (χ0) is 14.4. The van der Waals surface area contributed by atoms with Gasteiger partial charge in [-0.15, -0.1) is 0 Å². The second-order valence-corrected chi connectivity index (χ2v) is 4.85. The molecule has 1 aromatic heterocycles. The SMILES string of the molecule is CCc1cc(CNCCc2ccc(F)cc2)n(CC)n1. The molecule has 0 spiro atoms. The number of nitrogens with one attached hydrogen (secondary N) is 1. The Kier molecular flexibility index (Phi) is 5.30. The first-order valence-electron chi connectivity index (χ1n) is 7.23. The molecule has 1 heterocycles. The van der Waals surface area contributed by atoms with Crippen LogP contribution in [0.3, 0.4) is 0 Å². The standard InChI is InChI=1S/C16H22FN3/c1-3-15-11-16(20(4-2)19-15)12-18-10-9-13-5-7-14(17)8-6-13/h5-8,11,18H,3-4,9-10,12H2,1-2H3. The molecule has 0 saturated carbocycles. The Hall–Kier alpha value is -1.68. The summed E-state index contributed by atoms with van der Waals surface area (Å²) in [6, 6.07) is 8.85. The van der Waals surface area contributed by atoms with Crippen molar-refractivity contribution in [2.75, 3.05) is 6.54 Å². The molecule has 0 fully saturated rings. The number of rotatable bonds is 7. The van der Waals surface area contributed by atoms with E-state index >= 15 is 0 Å². The van der Waals surface area contributed by atoms with Crippen molar-refractivity contribution < 1.29 is 4.39 Å². The molecule has 0 aliphatic heterocycles. The van der Waals surface area contributed by atoms with Crippen molar-refractivity contribution in [2.24, 2.45) is 0 Å². The smallest absolute Gasteiger partial charge is 0.123 e. The summed E-state index contributed by atoms with van der Waals surface area (Å²) in [5, 5.41) is 7.95. The second-order valence-electron chi connectivity index (χ2n) is 4.85. The van der Waals surface area contributed by atoms with E-state index in [9.17, 15) is 4.39 Å². The van der Waals surface area contributed by atoms with Crippen LogP contribution >= 0.6 is 0 Å². The van der Waals surface area contributed by atoms with Crippen LogP contribution in [-0.2, 0) is 25.9 Å². The van der Waals surface area contributed by atoms with Gasteiger partial charge < -0.3 is 5.32 Å². The Morgan fingerprint density at radius 2 is 1.95 bits per heavy atom. The highest BCUT2D eigenvalue weighted by Gasteiger charge is 2.04. The van der Waals surface area contributed by atoms with Crippen LogP contribution in [0, 0.1) is 5.82 Å². The number of aryl methyl sites for hydroxylation is 2. The summed E-state index contributed by atoms with van der Waals surface area (Å²) in [4.78, 5) is 0. The van der Waals surface area contributed by atoms with Gasteiger partial charge in [-0.1, -0.05) is 19.1 Å². The summed E-state index contributed by atoms with van der Waals surface area (Å²) >= 11 is 0. The van der Waals surface area contributed by atoms with E-state index < -0.39 is 0 Å². The Balaban J connectivity index is 1.81. The molecule has 3 nitrogen and oxygen atoms in total. The Labute approximate surface area is 119 Å². The maximum atomic E-state index is 12.8. The second kappa shape index (κ2) is 7.20. The van der Waals surface area contributed by atoms with Crippen molar-refractivity contribution in [3.63, 3.8) is 0 Å². The lowest BCUT2D eigenvalue weighted by Gasteiger charge is -2.07. The Bertz CT molecular complexity index is 531. The molecule has 0 saturated heterocycles. The van der Waals surface area contributed by atoms with Crippen molar-refractivity contribution in [1.82, 2.24) is 15.1 Å². The molecule has 1 N–H and O–H groups in total. The molecule has 0 aliphatic rings. The van der Waals surface area contributed by atoms with Crippen LogP contribution in [0.25, 0.3) is 0 Å².